The topological polar surface area (TPSA) is 91.1 Å². The van der Waals surface area contributed by atoms with Gasteiger partial charge in [-0.3, -0.25) is 14.4 Å². The minimum Gasteiger partial charge on any atom is -0.355 e. The molecule has 20 heavy (non-hydrogen) atoms. The van der Waals surface area contributed by atoms with Crippen LogP contribution in [0.2, 0.25) is 0 Å². The standard InChI is InChI=1S/C14H15N3O3/c1-2-15-12(18)8-17-14(20)11-7-16-13(19)10-6-4-3-5-9(10)11/h3-7H,2,8H2,1H3,(H,15,18)(H,16,19)(H,17,20). The normalized spacial score (nSPS) is 10.2. The van der Waals surface area contributed by atoms with Crippen LogP contribution in [0.3, 0.4) is 0 Å². The molecule has 0 saturated heterocycles. The van der Waals surface area contributed by atoms with Crippen molar-refractivity contribution in [3.63, 3.8) is 0 Å². The van der Waals surface area contributed by atoms with E-state index in [2.05, 4.69) is 15.6 Å². The van der Waals surface area contributed by atoms with E-state index in [1.54, 1.807) is 31.2 Å². The highest BCUT2D eigenvalue weighted by Gasteiger charge is 2.12. The maximum Gasteiger partial charge on any atom is 0.255 e. The number of benzene rings is 1. The van der Waals surface area contributed by atoms with Crippen LogP contribution in [0.15, 0.2) is 35.3 Å². The third-order valence-corrected chi connectivity index (χ3v) is 2.84. The molecule has 104 valence electrons. The van der Waals surface area contributed by atoms with Gasteiger partial charge in [0.05, 0.1) is 12.1 Å². The molecule has 6 heteroatoms. The average molecular weight is 273 g/mol. The zero-order valence-electron chi connectivity index (χ0n) is 11.0. The number of pyridine rings is 1. The molecule has 3 N–H and O–H groups in total. The maximum atomic E-state index is 12.1. The zero-order chi connectivity index (χ0) is 14.5. The van der Waals surface area contributed by atoms with Crippen molar-refractivity contribution >= 4 is 22.6 Å². The number of rotatable bonds is 4. The molecular weight excluding hydrogens is 258 g/mol. The summed E-state index contributed by atoms with van der Waals surface area (Å²) in [6.07, 6.45) is 1.36. The molecule has 0 aliphatic rings. The molecule has 0 fully saturated rings. The number of hydrogen-bond acceptors (Lipinski definition) is 3. The Balaban J connectivity index is 2.25. The average Bonchev–Trinajstić information content (AvgIpc) is 2.46. The number of amides is 2. The van der Waals surface area contributed by atoms with Gasteiger partial charge in [-0.05, 0) is 13.0 Å². The Labute approximate surface area is 115 Å². The summed E-state index contributed by atoms with van der Waals surface area (Å²) in [5.41, 5.74) is 0.0883. The third kappa shape index (κ3) is 2.85. The van der Waals surface area contributed by atoms with Crippen LogP contribution in [0.1, 0.15) is 17.3 Å². The van der Waals surface area contributed by atoms with E-state index < -0.39 is 5.91 Å². The van der Waals surface area contributed by atoms with Gasteiger partial charge < -0.3 is 15.6 Å². The molecule has 0 bridgehead atoms. The van der Waals surface area contributed by atoms with E-state index in [0.717, 1.165) is 0 Å². The van der Waals surface area contributed by atoms with E-state index in [-0.39, 0.29) is 18.0 Å². The summed E-state index contributed by atoms with van der Waals surface area (Å²) >= 11 is 0. The molecule has 0 aliphatic carbocycles. The molecule has 0 saturated carbocycles. The van der Waals surface area contributed by atoms with Crippen molar-refractivity contribution in [2.45, 2.75) is 6.92 Å². The molecule has 2 rings (SSSR count). The first-order valence-electron chi connectivity index (χ1n) is 6.28. The van der Waals surface area contributed by atoms with Gasteiger partial charge >= 0.3 is 0 Å². The largest absolute Gasteiger partial charge is 0.355 e. The number of likely N-dealkylation sites (N-methyl/N-ethyl adjacent to an activating group) is 1. The molecule has 2 aromatic rings. The Bertz CT molecular complexity index is 706. The van der Waals surface area contributed by atoms with Gasteiger partial charge in [-0.2, -0.15) is 0 Å². The van der Waals surface area contributed by atoms with E-state index in [1.165, 1.54) is 6.20 Å². The Morgan fingerprint density at radius 1 is 1.15 bits per heavy atom. The number of carbonyl (C=O) groups excluding carboxylic acids is 2. The summed E-state index contributed by atoms with van der Waals surface area (Å²) in [6.45, 7) is 2.21. The summed E-state index contributed by atoms with van der Waals surface area (Å²) < 4.78 is 0. The molecule has 0 radical (unpaired) electrons. The van der Waals surface area contributed by atoms with Gasteiger partial charge in [-0.25, -0.2) is 0 Å². The van der Waals surface area contributed by atoms with Gasteiger partial charge in [0, 0.05) is 23.5 Å². The predicted molar refractivity (Wildman–Crippen MR) is 75.6 cm³/mol. The number of nitrogens with one attached hydrogen (secondary N) is 3. The molecule has 1 aromatic heterocycles. The van der Waals surface area contributed by atoms with Crippen LogP contribution in [0, 0.1) is 0 Å². The van der Waals surface area contributed by atoms with Gasteiger partial charge in [-0.15, -0.1) is 0 Å². The number of fused-ring (bicyclic) bond motifs is 1. The fourth-order valence-electron chi connectivity index (χ4n) is 1.91. The van der Waals surface area contributed by atoms with E-state index in [1.807, 2.05) is 0 Å². The van der Waals surface area contributed by atoms with E-state index in [0.29, 0.717) is 22.9 Å². The van der Waals surface area contributed by atoms with E-state index in [9.17, 15) is 14.4 Å². The fraction of sp³-hybridized carbons (Fsp3) is 0.214. The lowest BCUT2D eigenvalue weighted by Gasteiger charge is -2.07. The second-order valence-electron chi connectivity index (χ2n) is 4.21. The molecule has 6 nitrogen and oxygen atoms in total. The minimum absolute atomic E-state index is 0.0971. The van der Waals surface area contributed by atoms with Crippen LogP contribution < -0.4 is 16.2 Å². The lowest BCUT2D eigenvalue weighted by atomic mass is 10.1. The highest BCUT2D eigenvalue weighted by Crippen LogP contribution is 2.13. The third-order valence-electron chi connectivity index (χ3n) is 2.84. The van der Waals surface area contributed by atoms with Crippen LogP contribution in [-0.2, 0) is 4.79 Å². The summed E-state index contributed by atoms with van der Waals surface area (Å²) in [6, 6.07) is 6.83. The smallest absolute Gasteiger partial charge is 0.255 e. The molecular formula is C14H15N3O3. The lowest BCUT2D eigenvalue weighted by Crippen LogP contribution is -2.37. The van der Waals surface area contributed by atoms with Gasteiger partial charge in [0.1, 0.15) is 0 Å². The molecule has 0 spiro atoms. The first kappa shape index (κ1) is 13.8. The Morgan fingerprint density at radius 3 is 2.55 bits per heavy atom. The predicted octanol–water partition coefficient (Wildman–Crippen LogP) is 0.394. The SMILES string of the molecule is CCNC(=O)CNC(=O)c1c[nH]c(=O)c2ccccc12. The Hall–Kier alpha value is -2.63. The van der Waals surface area contributed by atoms with Crippen LogP contribution in [-0.4, -0.2) is 29.9 Å². The second-order valence-corrected chi connectivity index (χ2v) is 4.21. The van der Waals surface area contributed by atoms with Crippen molar-refractivity contribution in [1.82, 2.24) is 15.6 Å². The van der Waals surface area contributed by atoms with E-state index >= 15 is 0 Å². The minimum atomic E-state index is -0.399. The van der Waals surface area contributed by atoms with E-state index in [4.69, 9.17) is 0 Å². The number of hydrogen-bond donors (Lipinski definition) is 3. The van der Waals surface area contributed by atoms with Crippen molar-refractivity contribution in [2.75, 3.05) is 13.1 Å². The van der Waals surface area contributed by atoms with Gasteiger partial charge in [0.25, 0.3) is 11.5 Å². The van der Waals surface area contributed by atoms with Gasteiger partial charge in [0.2, 0.25) is 5.91 Å². The lowest BCUT2D eigenvalue weighted by molar-refractivity contribution is -0.120. The van der Waals surface area contributed by atoms with Crippen molar-refractivity contribution in [3.8, 4) is 0 Å². The quantitative estimate of drug-likeness (QED) is 0.752. The Morgan fingerprint density at radius 2 is 1.85 bits per heavy atom. The first-order chi connectivity index (χ1) is 9.63. The monoisotopic (exact) mass is 273 g/mol. The molecule has 0 aliphatic heterocycles. The molecule has 0 atom stereocenters. The molecule has 1 aromatic carbocycles. The first-order valence-corrected chi connectivity index (χ1v) is 6.28. The molecule has 1 heterocycles. The number of aromatic nitrogens is 1. The number of H-pyrrole nitrogens is 1. The second kappa shape index (κ2) is 6.01. The zero-order valence-corrected chi connectivity index (χ0v) is 11.0. The van der Waals surface area contributed by atoms with Crippen molar-refractivity contribution in [3.05, 3.63) is 46.4 Å². The highest BCUT2D eigenvalue weighted by molar-refractivity contribution is 6.07. The maximum absolute atomic E-state index is 12.1. The van der Waals surface area contributed by atoms with Crippen molar-refractivity contribution < 1.29 is 9.59 Å². The van der Waals surface area contributed by atoms with Gasteiger partial charge in [0.15, 0.2) is 0 Å². The van der Waals surface area contributed by atoms with Crippen LogP contribution in [0.4, 0.5) is 0 Å². The molecule has 0 unspecified atom stereocenters. The summed E-state index contributed by atoms with van der Waals surface area (Å²) in [5, 5.41) is 6.11. The van der Waals surface area contributed by atoms with Crippen molar-refractivity contribution in [2.24, 2.45) is 0 Å². The fourth-order valence-corrected chi connectivity index (χ4v) is 1.91. The van der Waals surface area contributed by atoms with Crippen LogP contribution >= 0.6 is 0 Å². The summed E-state index contributed by atoms with van der Waals surface area (Å²) in [5.74, 6) is -0.654. The Kier molecular flexibility index (Phi) is 4.14. The number of aromatic amines is 1. The summed E-state index contributed by atoms with van der Waals surface area (Å²) in [4.78, 5) is 37.6. The molecule has 2 amide bonds. The van der Waals surface area contributed by atoms with Crippen LogP contribution in [0.5, 0.6) is 0 Å². The summed E-state index contributed by atoms with van der Waals surface area (Å²) in [7, 11) is 0. The highest BCUT2D eigenvalue weighted by atomic mass is 16.2. The number of carbonyl (C=O) groups is 2. The van der Waals surface area contributed by atoms with Crippen LogP contribution in [0.25, 0.3) is 10.8 Å². The van der Waals surface area contributed by atoms with Crippen molar-refractivity contribution in [1.29, 1.82) is 0 Å². The van der Waals surface area contributed by atoms with Gasteiger partial charge in [-0.1, -0.05) is 18.2 Å².